The van der Waals surface area contributed by atoms with Gasteiger partial charge < -0.3 is 10.5 Å². The molecular weight excluding hydrogens is 232 g/mol. The van der Waals surface area contributed by atoms with Crippen molar-refractivity contribution in [2.45, 2.75) is 13.0 Å². The monoisotopic (exact) mass is 241 g/mol. The molecule has 0 aromatic carbocycles. The molecule has 0 atom stereocenters. The number of nitrogens with zero attached hydrogens (tertiary/aromatic N) is 2. The second kappa shape index (κ2) is 5.32. The van der Waals surface area contributed by atoms with E-state index in [9.17, 15) is 13.6 Å². The summed E-state index contributed by atoms with van der Waals surface area (Å²) in [6.45, 7) is -0.101. The van der Waals surface area contributed by atoms with Crippen LogP contribution in [0, 0.1) is 11.3 Å². The maximum absolute atomic E-state index is 12.7. The average molecular weight is 241 g/mol. The summed E-state index contributed by atoms with van der Waals surface area (Å²) >= 11 is 0. The Hall–Kier alpha value is -2.07. The summed E-state index contributed by atoms with van der Waals surface area (Å²) in [6.07, 6.45) is -2.98. The predicted octanol–water partition coefficient (Wildman–Crippen LogP) is 1.14. The minimum absolute atomic E-state index is 0.101. The fourth-order valence-electron chi connectivity index (χ4n) is 1.29. The molecule has 1 heterocycles. The summed E-state index contributed by atoms with van der Waals surface area (Å²) in [5, 5.41) is 8.82. The van der Waals surface area contributed by atoms with Crippen LogP contribution in [0.4, 0.5) is 8.78 Å². The van der Waals surface area contributed by atoms with Crippen molar-refractivity contribution < 1.29 is 18.3 Å². The van der Waals surface area contributed by atoms with Crippen LogP contribution in [0.3, 0.4) is 0 Å². The third kappa shape index (κ3) is 2.54. The summed E-state index contributed by atoms with van der Waals surface area (Å²) in [5.41, 5.74) is 3.87. The Morgan fingerprint density at radius 2 is 2.35 bits per heavy atom. The summed E-state index contributed by atoms with van der Waals surface area (Å²) < 4.78 is 29.8. The highest BCUT2D eigenvalue weighted by Crippen LogP contribution is 2.25. The van der Waals surface area contributed by atoms with E-state index in [1.807, 2.05) is 0 Å². The number of carbonyl (C=O) groups is 1. The Bertz CT molecular complexity index is 483. The molecule has 0 aliphatic heterocycles. The molecular formula is C10H9F2N3O2. The number of esters is 1. The van der Waals surface area contributed by atoms with Gasteiger partial charge in [0.15, 0.2) is 0 Å². The Labute approximate surface area is 95.8 Å². The summed E-state index contributed by atoms with van der Waals surface area (Å²) in [7, 11) is 1.04. The third-order valence-corrected chi connectivity index (χ3v) is 2.03. The molecule has 0 saturated carbocycles. The van der Waals surface area contributed by atoms with E-state index in [0.717, 1.165) is 7.11 Å². The van der Waals surface area contributed by atoms with E-state index >= 15 is 0 Å². The molecule has 0 bridgehead atoms. The van der Waals surface area contributed by atoms with Crippen LogP contribution in [-0.4, -0.2) is 18.1 Å². The van der Waals surface area contributed by atoms with E-state index in [1.54, 1.807) is 6.07 Å². The summed E-state index contributed by atoms with van der Waals surface area (Å²) in [6, 6.07) is 2.84. The Kier molecular flexibility index (Phi) is 4.06. The highest BCUT2D eigenvalue weighted by Gasteiger charge is 2.25. The number of nitriles is 1. The summed E-state index contributed by atoms with van der Waals surface area (Å²) in [4.78, 5) is 14.9. The summed E-state index contributed by atoms with van der Waals surface area (Å²) in [5.74, 6) is -1.02. The van der Waals surface area contributed by atoms with Crippen molar-refractivity contribution in [3.8, 4) is 6.07 Å². The van der Waals surface area contributed by atoms with Gasteiger partial charge in [-0.15, -0.1) is 0 Å². The van der Waals surface area contributed by atoms with Gasteiger partial charge in [-0.25, -0.2) is 18.6 Å². The standard InChI is InChI=1S/C10H9F2N3O2/c1-17-10(16)7-5(3-13)2-6(4-14)15-8(7)9(11)12/h2,9H,4,14H2,1H3. The second-order valence-electron chi connectivity index (χ2n) is 3.03. The van der Waals surface area contributed by atoms with Crippen LogP contribution in [-0.2, 0) is 11.3 Å². The van der Waals surface area contributed by atoms with Crippen LogP contribution in [0.15, 0.2) is 6.07 Å². The highest BCUT2D eigenvalue weighted by molar-refractivity contribution is 5.93. The molecule has 1 aromatic rings. The first-order valence-corrected chi connectivity index (χ1v) is 4.55. The molecule has 0 saturated heterocycles. The molecule has 90 valence electrons. The first kappa shape index (κ1) is 13.0. The van der Waals surface area contributed by atoms with Crippen LogP contribution < -0.4 is 5.73 Å². The van der Waals surface area contributed by atoms with Gasteiger partial charge in [0.2, 0.25) is 0 Å². The normalized spacial score (nSPS) is 10.1. The van der Waals surface area contributed by atoms with Gasteiger partial charge in [-0.3, -0.25) is 0 Å². The highest BCUT2D eigenvalue weighted by atomic mass is 19.3. The number of ether oxygens (including phenoxy) is 1. The molecule has 17 heavy (non-hydrogen) atoms. The Morgan fingerprint density at radius 3 is 2.76 bits per heavy atom. The van der Waals surface area contributed by atoms with Gasteiger partial charge in [0.25, 0.3) is 6.43 Å². The zero-order chi connectivity index (χ0) is 13.0. The molecule has 0 radical (unpaired) electrons. The number of aromatic nitrogens is 1. The van der Waals surface area contributed by atoms with E-state index in [2.05, 4.69) is 9.72 Å². The van der Waals surface area contributed by atoms with Crippen molar-refractivity contribution in [2.24, 2.45) is 5.73 Å². The number of nitrogens with two attached hydrogens (primary N) is 1. The van der Waals surface area contributed by atoms with Crippen molar-refractivity contribution in [1.29, 1.82) is 5.26 Å². The fraction of sp³-hybridized carbons (Fsp3) is 0.300. The molecule has 0 fully saturated rings. The van der Waals surface area contributed by atoms with Crippen molar-refractivity contribution in [3.63, 3.8) is 0 Å². The molecule has 2 N–H and O–H groups in total. The number of hydrogen-bond donors (Lipinski definition) is 1. The smallest absolute Gasteiger partial charge is 0.341 e. The number of pyridine rings is 1. The zero-order valence-electron chi connectivity index (χ0n) is 8.91. The minimum Gasteiger partial charge on any atom is -0.465 e. The molecule has 5 nitrogen and oxygen atoms in total. The number of halogens is 2. The number of methoxy groups -OCH3 is 1. The fourth-order valence-corrected chi connectivity index (χ4v) is 1.29. The minimum atomic E-state index is -2.98. The SMILES string of the molecule is COC(=O)c1c(C#N)cc(CN)nc1C(F)F. The maximum Gasteiger partial charge on any atom is 0.341 e. The first-order valence-electron chi connectivity index (χ1n) is 4.55. The number of alkyl halides is 2. The number of rotatable bonds is 3. The Morgan fingerprint density at radius 1 is 1.71 bits per heavy atom. The van der Waals surface area contributed by atoms with Crippen LogP contribution in [0.1, 0.15) is 33.7 Å². The van der Waals surface area contributed by atoms with Crippen molar-refractivity contribution >= 4 is 5.97 Å². The zero-order valence-corrected chi connectivity index (χ0v) is 8.91. The van der Waals surface area contributed by atoms with E-state index in [0.29, 0.717) is 0 Å². The lowest BCUT2D eigenvalue weighted by Crippen LogP contribution is -2.14. The number of carbonyl (C=O) groups excluding carboxylic acids is 1. The molecule has 0 aliphatic carbocycles. The van der Waals surface area contributed by atoms with Crippen LogP contribution in [0.25, 0.3) is 0 Å². The van der Waals surface area contributed by atoms with Crippen molar-refractivity contribution in [3.05, 3.63) is 28.6 Å². The van der Waals surface area contributed by atoms with Gasteiger partial charge in [0.1, 0.15) is 17.3 Å². The van der Waals surface area contributed by atoms with Crippen molar-refractivity contribution in [1.82, 2.24) is 4.98 Å². The second-order valence-corrected chi connectivity index (χ2v) is 3.03. The molecule has 1 rings (SSSR count). The first-order chi connectivity index (χ1) is 8.04. The predicted molar refractivity (Wildman–Crippen MR) is 53.1 cm³/mol. The molecule has 0 amide bonds. The molecule has 1 aromatic heterocycles. The largest absolute Gasteiger partial charge is 0.465 e. The third-order valence-electron chi connectivity index (χ3n) is 2.03. The van der Waals surface area contributed by atoms with E-state index in [1.165, 1.54) is 6.07 Å². The van der Waals surface area contributed by atoms with E-state index in [-0.39, 0.29) is 17.8 Å². The van der Waals surface area contributed by atoms with Crippen LogP contribution in [0.2, 0.25) is 0 Å². The number of hydrogen-bond acceptors (Lipinski definition) is 5. The van der Waals surface area contributed by atoms with Gasteiger partial charge in [0, 0.05) is 6.54 Å². The molecule has 7 heteroatoms. The van der Waals surface area contributed by atoms with Gasteiger partial charge in [-0.05, 0) is 6.07 Å². The lowest BCUT2D eigenvalue weighted by atomic mass is 10.1. The molecule has 0 aliphatic rings. The van der Waals surface area contributed by atoms with Crippen LogP contribution in [0.5, 0.6) is 0 Å². The van der Waals surface area contributed by atoms with Gasteiger partial charge >= 0.3 is 5.97 Å². The lowest BCUT2D eigenvalue weighted by molar-refractivity contribution is 0.0586. The lowest BCUT2D eigenvalue weighted by Gasteiger charge is -2.09. The average Bonchev–Trinajstić information content (AvgIpc) is 2.35. The topological polar surface area (TPSA) is 89.0 Å². The van der Waals surface area contributed by atoms with Gasteiger partial charge in [0.05, 0.1) is 18.4 Å². The van der Waals surface area contributed by atoms with Gasteiger partial charge in [-0.1, -0.05) is 0 Å². The Balaban J connectivity index is 3.53. The van der Waals surface area contributed by atoms with E-state index in [4.69, 9.17) is 11.0 Å². The van der Waals surface area contributed by atoms with E-state index < -0.39 is 23.7 Å². The molecule has 0 spiro atoms. The maximum atomic E-state index is 12.7. The van der Waals surface area contributed by atoms with Crippen LogP contribution >= 0.6 is 0 Å². The quantitative estimate of drug-likeness (QED) is 0.801. The van der Waals surface area contributed by atoms with Crippen molar-refractivity contribution in [2.75, 3.05) is 7.11 Å². The van der Waals surface area contributed by atoms with Gasteiger partial charge in [-0.2, -0.15) is 5.26 Å². The molecule has 0 unspecified atom stereocenters.